The summed E-state index contributed by atoms with van der Waals surface area (Å²) in [6.45, 7) is 11.3. The molecule has 3 heteroatoms. The highest BCUT2D eigenvalue weighted by molar-refractivity contribution is 5.40. The van der Waals surface area contributed by atoms with E-state index in [1.807, 2.05) is 0 Å². The normalized spacial score (nSPS) is 16.6. The molecule has 0 fully saturated rings. The molecule has 0 saturated carbocycles. The van der Waals surface area contributed by atoms with Crippen molar-refractivity contribution in [2.24, 2.45) is 5.73 Å². The van der Waals surface area contributed by atoms with Crippen LogP contribution in [0.25, 0.3) is 0 Å². The average molecular weight is 262 g/mol. The van der Waals surface area contributed by atoms with E-state index < -0.39 is 0 Å². The molecule has 1 aliphatic heterocycles. The van der Waals surface area contributed by atoms with Gasteiger partial charge in [-0.3, -0.25) is 4.90 Å². The summed E-state index contributed by atoms with van der Waals surface area (Å²) in [7, 11) is 0. The zero-order valence-corrected chi connectivity index (χ0v) is 12.4. The fourth-order valence-corrected chi connectivity index (χ4v) is 2.42. The molecule has 1 aromatic rings. The molecule has 3 nitrogen and oxygen atoms in total. The maximum absolute atomic E-state index is 5.85. The Morgan fingerprint density at radius 1 is 1.32 bits per heavy atom. The molecule has 0 radical (unpaired) electrons. The minimum atomic E-state index is 0.184. The second kappa shape index (κ2) is 5.93. The van der Waals surface area contributed by atoms with E-state index in [2.05, 4.69) is 43.9 Å². The van der Waals surface area contributed by atoms with Crippen molar-refractivity contribution < 1.29 is 4.74 Å². The number of hydrogen-bond acceptors (Lipinski definition) is 3. The molecule has 0 aromatic heterocycles. The van der Waals surface area contributed by atoms with Crippen molar-refractivity contribution in [1.29, 1.82) is 0 Å². The van der Waals surface area contributed by atoms with Crippen LogP contribution in [0.4, 0.5) is 0 Å². The Balaban J connectivity index is 2.19. The van der Waals surface area contributed by atoms with Crippen molar-refractivity contribution in [3.05, 3.63) is 29.3 Å². The summed E-state index contributed by atoms with van der Waals surface area (Å²) in [6.07, 6.45) is 1.05. The van der Waals surface area contributed by atoms with Crippen molar-refractivity contribution in [3.8, 4) is 5.75 Å². The highest BCUT2D eigenvalue weighted by Crippen LogP contribution is 2.30. The molecule has 0 atom stereocenters. The summed E-state index contributed by atoms with van der Waals surface area (Å²) in [5.41, 5.74) is 8.46. The fraction of sp³-hybridized carbons (Fsp3) is 0.625. The van der Waals surface area contributed by atoms with Gasteiger partial charge < -0.3 is 10.5 Å². The summed E-state index contributed by atoms with van der Waals surface area (Å²) in [6, 6.07) is 6.62. The third kappa shape index (κ3) is 3.71. The molecule has 1 aromatic carbocycles. The lowest BCUT2D eigenvalue weighted by molar-refractivity contribution is 0.225. The zero-order valence-electron chi connectivity index (χ0n) is 12.4. The van der Waals surface area contributed by atoms with Crippen LogP contribution >= 0.6 is 0 Å². The number of ether oxygens (including phenoxy) is 1. The largest absolute Gasteiger partial charge is 0.492 e. The van der Waals surface area contributed by atoms with Crippen molar-refractivity contribution >= 4 is 0 Å². The van der Waals surface area contributed by atoms with E-state index in [0.717, 1.165) is 45.0 Å². The van der Waals surface area contributed by atoms with Gasteiger partial charge in [-0.05, 0) is 36.6 Å². The smallest absolute Gasteiger partial charge is 0.123 e. The molecule has 106 valence electrons. The van der Waals surface area contributed by atoms with Gasteiger partial charge in [0, 0.05) is 18.7 Å². The maximum atomic E-state index is 5.85. The first-order valence-electron chi connectivity index (χ1n) is 7.19. The van der Waals surface area contributed by atoms with Crippen LogP contribution in [0.3, 0.4) is 0 Å². The number of benzene rings is 1. The maximum Gasteiger partial charge on any atom is 0.123 e. The second-order valence-electron chi connectivity index (χ2n) is 6.34. The first-order chi connectivity index (χ1) is 9.00. The number of fused-ring (bicyclic) bond motifs is 1. The van der Waals surface area contributed by atoms with Gasteiger partial charge in [-0.2, -0.15) is 0 Å². The van der Waals surface area contributed by atoms with E-state index in [1.54, 1.807) is 0 Å². The van der Waals surface area contributed by atoms with Gasteiger partial charge >= 0.3 is 0 Å². The minimum absolute atomic E-state index is 0.184. The first-order valence-corrected chi connectivity index (χ1v) is 7.19. The standard InChI is InChI=1S/C16H26N2O/c1-16(2,3)14-5-6-15-13(11-14)12-18(8-4-7-17)9-10-19-15/h5-6,11H,4,7-10,12,17H2,1-3H3. The number of rotatable bonds is 3. The van der Waals surface area contributed by atoms with Crippen molar-refractivity contribution in [1.82, 2.24) is 4.90 Å². The van der Waals surface area contributed by atoms with Crippen LogP contribution in [0.2, 0.25) is 0 Å². The second-order valence-corrected chi connectivity index (χ2v) is 6.34. The third-order valence-electron chi connectivity index (χ3n) is 3.66. The number of hydrogen-bond donors (Lipinski definition) is 1. The van der Waals surface area contributed by atoms with Gasteiger partial charge in [-0.15, -0.1) is 0 Å². The van der Waals surface area contributed by atoms with E-state index in [9.17, 15) is 0 Å². The average Bonchev–Trinajstić information content (AvgIpc) is 2.55. The molecule has 1 heterocycles. The summed E-state index contributed by atoms with van der Waals surface area (Å²) >= 11 is 0. The molecule has 2 N–H and O–H groups in total. The first kappa shape index (κ1) is 14.4. The van der Waals surface area contributed by atoms with Crippen molar-refractivity contribution in [2.45, 2.75) is 39.2 Å². The Morgan fingerprint density at radius 2 is 2.11 bits per heavy atom. The van der Waals surface area contributed by atoms with Crippen LogP contribution in [0, 0.1) is 0 Å². The molecule has 0 amide bonds. The molecule has 0 spiro atoms. The minimum Gasteiger partial charge on any atom is -0.492 e. The number of nitrogens with zero attached hydrogens (tertiary/aromatic N) is 1. The van der Waals surface area contributed by atoms with Crippen LogP contribution in [0.1, 0.15) is 38.3 Å². The Hall–Kier alpha value is -1.06. The van der Waals surface area contributed by atoms with E-state index in [1.165, 1.54) is 11.1 Å². The van der Waals surface area contributed by atoms with E-state index in [4.69, 9.17) is 10.5 Å². The van der Waals surface area contributed by atoms with Crippen molar-refractivity contribution in [2.75, 3.05) is 26.2 Å². The Morgan fingerprint density at radius 3 is 2.79 bits per heavy atom. The highest BCUT2D eigenvalue weighted by Gasteiger charge is 2.19. The van der Waals surface area contributed by atoms with Crippen LogP contribution < -0.4 is 10.5 Å². The van der Waals surface area contributed by atoms with Crippen LogP contribution in [-0.4, -0.2) is 31.1 Å². The van der Waals surface area contributed by atoms with Crippen LogP contribution in [0.5, 0.6) is 5.75 Å². The lowest BCUT2D eigenvalue weighted by Crippen LogP contribution is -2.28. The van der Waals surface area contributed by atoms with Gasteiger partial charge in [0.25, 0.3) is 0 Å². The summed E-state index contributed by atoms with van der Waals surface area (Å²) < 4.78 is 5.85. The predicted octanol–water partition coefficient (Wildman–Crippen LogP) is 2.53. The lowest BCUT2D eigenvalue weighted by Gasteiger charge is -2.22. The summed E-state index contributed by atoms with van der Waals surface area (Å²) in [4.78, 5) is 2.44. The molecule has 2 rings (SSSR count). The Bertz CT molecular complexity index is 421. The van der Waals surface area contributed by atoms with Gasteiger partial charge in [0.2, 0.25) is 0 Å². The third-order valence-corrected chi connectivity index (χ3v) is 3.66. The summed E-state index contributed by atoms with van der Waals surface area (Å²) in [5.74, 6) is 1.04. The Kier molecular flexibility index (Phi) is 4.48. The quantitative estimate of drug-likeness (QED) is 0.909. The van der Waals surface area contributed by atoms with E-state index >= 15 is 0 Å². The van der Waals surface area contributed by atoms with Gasteiger partial charge in [0.1, 0.15) is 12.4 Å². The Labute approximate surface area is 116 Å². The molecule has 0 unspecified atom stereocenters. The molecule has 1 aliphatic rings. The molecular formula is C16H26N2O. The van der Waals surface area contributed by atoms with E-state index in [-0.39, 0.29) is 5.41 Å². The van der Waals surface area contributed by atoms with Crippen LogP contribution in [0.15, 0.2) is 18.2 Å². The van der Waals surface area contributed by atoms with Gasteiger partial charge in [0.05, 0.1) is 0 Å². The monoisotopic (exact) mass is 262 g/mol. The highest BCUT2D eigenvalue weighted by atomic mass is 16.5. The SMILES string of the molecule is CC(C)(C)c1ccc2c(c1)CN(CCCN)CCO2. The molecule has 0 bridgehead atoms. The zero-order chi connectivity index (χ0) is 13.9. The van der Waals surface area contributed by atoms with Gasteiger partial charge in [0.15, 0.2) is 0 Å². The molecule has 0 saturated heterocycles. The van der Waals surface area contributed by atoms with E-state index in [0.29, 0.717) is 0 Å². The van der Waals surface area contributed by atoms with Crippen LogP contribution in [-0.2, 0) is 12.0 Å². The molecule has 0 aliphatic carbocycles. The topological polar surface area (TPSA) is 38.5 Å². The molecular weight excluding hydrogens is 236 g/mol. The molecule has 19 heavy (non-hydrogen) atoms. The number of nitrogens with two attached hydrogens (primary N) is 1. The lowest BCUT2D eigenvalue weighted by atomic mass is 9.86. The predicted molar refractivity (Wildman–Crippen MR) is 79.6 cm³/mol. The van der Waals surface area contributed by atoms with Gasteiger partial charge in [-0.25, -0.2) is 0 Å². The summed E-state index contributed by atoms with van der Waals surface area (Å²) in [5, 5.41) is 0. The van der Waals surface area contributed by atoms with Crippen molar-refractivity contribution in [3.63, 3.8) is 0 Å². The fourth-order valence-electron chi connectivity index (χ4n) is 2.42. The van der Waals surface area contributed by atoms with Gasteiger partial charge in [-0.1, -0.05) is 32.9 Å².